The largest absolute Gasteiger partial charge is 0.385 e. The summed E-state index contributed by atoms with van der Waals surface area (Å²) >= 11 is 0. The quantitative estimate of drug-likeness (QED) is 0.904. The summed E-state index contributed by atoms with van der Waals surface area (Å²) in [5, 5.41) is 0. The van der Waals surface area contributed by atoms with Crippen LogP contribution < -0.4 is 10.6 Å². The normalized spacial score (nSPS) is 25.1. The van der Waals surface area contributed by atoms with Crippen LogP contribution in [0.2, 0.25) is 0 Å². The molecule has 21 heavy (non-hydrogen) atoms. The highest BCUT2D eigenvalue weighted by Gasteiger charge is 2.43. The zero-order valence-corrected chi connectivity index (χ0v) is 12.2. The molecule has 2 amide bonds. The van der Waals surface area contributed by atoms with Gasteiger partial charge in [0.05, 0.1) is 0 Å². The fourth-order valence-electron chi connectivity index (χ4n) is 3.51. The van der Waals surface area contributed by atoms with Gasteiger partial charge in [-0.25, -0.2) is 4.79 Å². The Morgan fingerprint density at radius 2 is 2.14 bits per heavy atom. The number of hydrogen-bond acceptors (Lipinski definition) is 3. The van der Waals surface area contributed by atoms with Crippen LogP contribution in [0.15, 0.2) is 23.2 Å². The lowest BCUT2D eigenvalue weighted by Gasteiger charge is -2.30. The minimum atomic E-state index is -0.171. The molecule has 1 aromatic rings. The molecule has 2 aliphatic heterocycles. The second-order valence-corrected chi connectivity index (χ2v) is 6.27. The Morgan fingerprint density at radius 1 is 1.33 bits per heavy atom. The molecule has 0 aromatic heterocycles. The molecule has 2 heterocycles. The summed E-state index contributed by atoms with van der Waals surface area (Å²) in [6.07, 6.45) is 4.40. The Bertz CT molecular complexity index is 635. The van der Waals surface area contributed by atoms with E-state index in [4.69, 9.17) is 5.73 Å². The Morgan fingerprint density at radius 3 is 2.90 bits per heavy atom. The van der Waals surface area contributed by atoms with E-state index in [1.807, 2.05) is 4.90 Å². The third-order valence-electron chi connectivity index (χ3n) is 4.71. The second kappa shape index (κ2) is 4.48. The molecule has 0 saturated heterocycles. The number of amidine groups is 1. The molecule has 1 unspecified atom stereocenters. The van der Waals surface area contributed by atoms with Gasteiger partial charge in [0.2, 0.25) is 0 Å². The van der Waals surface area contributed by atoms with Crippen molar-refractivity contribution in [2.24, 2.45) is 10.7 Å². The summed E-state index contributed by atoms with van der Waals surface area (Å²) in [7, 11) is 2.13. The first-order valence-electron chi connectivity index (χ1n) is 7.65. The van der Waals surface area contributed by atoms with E-state index in [1.54, 1.807) is 0 Å². The zero-order chi connectivity index (χ0) is 14.6. The van der Waals surface area contributed by atoms with Gasteiger partial charge >= 0.3 is 6.03 Å². The molecule has 4 rings (SSSR count). The second-order valence-electron chi connectivity index (χ2n) is 6.27. The smallest absolute Gasteiger partial charge is 0.346 e. The molecular weight excluding hydrogens is 264 g/mol. The van der Waals surface area contributed by atoms with Crippen LogP contribution in [-0.2, 0) is 6.42 Å². The maximum Gasteiger partial charge on any atom is 0.346 e. The number of urea groups is 1. The Hall–Kier alpha value is -2.04. The summed E-state index contributed by atoms with van der Waals surface area (Å²) in [5.74, 6) is 0.441. The van der Waals surface area contributed by atoms with Crippen LogP contribution >= 0.6 is 0 Å². The van der Waals surface area contributed by atoms with Crippen molar-refractivity contribution in [1.29, 1.82) is 0 Å². The number of carbonyl (C=O) groups is 1. The molecule has 0 bridgehead atoms. The molecule has 5 heteroatoms. The van der Waals surface area contributed by atoms with Gasteiger partial charge in [0, 0.05) is 25.3 Å². The van der Waals surface area contributed by atoms with Crippen molar-refractivity contribution in [3.8, 4) is 0 Å². The van der Waals surface area contributed by atoms with Gasteiger partial charge in [-0.3, -0.25) is 0 Å². The number of rotatable bonds is 2. The Kier molecular flexibility index (Phi) is 2.71. The van der Waals surface area contributed by atoms with Crippen molar-refractivity contribution >= 4 is 17.6 Å². The first-order chi connectivity index (χ1) is 10.1. The summed E-state index contributed by atoms with van der Waals surface area (Å²) in [5.41, 5.74) is 9.78. The van der Waals surface area contributed by atoms with Crippen molar-refractivity contribution in [2.75, 3.05) is 18.5 Å². The molecule has 0 radical (unpaired) electrons. The van der Waals surface area contributed by atoms with Crippen molar-refractivity contribution in [3.63, 3.8) is 0 Å². The average molecular weight is 284 g/mol. The van der Waals surface area contributed by atoms with E-state index in [9.17, 15) is 4.79 Å². The number of aryl methyl sites for hydroxylation is 1. The SMILES string of the molecule is CN1CCCc2cc(C3C(N)=NC(=O)N3C3CC3)ccc21. The number of carbonyl (C=O) groups excluding carboxylic acids is 1. The lowest BCUT2D eigenvalue weighted by Crippen LogP contribution is -2.35. The van der Waals surface area contributed by atoms with Gasteiger partial charge in [-0.15, -0.1) is 0 Å². The van der Waals surface area contributed by atoms with E-state index in [2.05, 4.69) is 35.1 Å². The number of nitrogens with zero attached hydrogens (tertiary/aromatic N) is 3. The fourth-order valence-corrected chi connectivity index (χ4v) is 3.51. The first-order valence-corrected chi connectivity index (χ1v) is 7.65. The molecule has 1 atom stereocenters. The minimum Gasteiger partial charge on any atom is -0.385 e. The lowest BCUT2D eigenvalue weighted by atomic mass is 9.96. The number of amides is 2. The average Bonchev–Trinajstić information content (AvgIpc) is 3.24. The van der Waals surface area contributed by atoms with Gasteiger partial charge < -0.3 is 15.5 Å². The van der Waals surface area contributed by atoms with E-state index >= 15 is 0 Å². The Labute approximate surface area is 124 Å². The first kappa shape index (κ1) is 12.7. The predicted octanol–water partition coefficient (Wildman–Crippen LogP) is 2.07. The van der Waals surface area contributed by atoms with Crippen LogP contribution in [0.5, 0.6) is 0 Å². The van der Waals surface area contributed by atoms with Crippen LogP contribution in [0, 0.1) is 0 Å². The number of benzene rings is 1. The van der Waals surface area contributed by atoms with Crippen LogP contribution in [0.3, 0.4) is 0 Å². The van der Waals surface area contributed by atoms with E-state index in [1.165, 1.54) is 17.7 Å². The molecule has 110 valence electrons. The van der Waals surface area contributed by atoms with Crippen LogP contribution in [0.25, 0.3) is 0 Å². The molecular formula is C16H20N4O. The summed E-state index contributed by atoms with van der Waals surface area (Å²) in [6, 6.07) is 6.46. The van der Waals surface area contributed by atoms with E-state index in [0.29, 0.717) is 11.9 Å². The molecule has 1 fully saturated rings. The molecule has 1 aliphatic carbocycles. The number of hydrogen-bond donors (Lipinski definition) is 1. The molecule has 5 nitrogen and oxygen atoms in total. The molecule has 1 aromatic carbocycles. The number of aliphatic imine (C=N–C) groups is 1. The standard InChI is InChI=1S/C16H20N4O/c1-19-8-2-3-10-9-11(4-7-13(10)19)14-15(17)18-16(21)20(14)12-5-6-12/h4,7,9,12,14H,2-3,5-6,8H2,1H3,(H2,17,18,21). The highest BCUT2D eigenvalue weighted by Crippen LogP contribution is 2.39. The van der Waals surface area contributed by atoms with Crippen molar-refractivity contribution in [1.82, 2.24) is 4.90 Å². The highest BCUT2D eigenvalue weighted by atomic mass is 16.2. The molecule has 1 saturated carbocycles. The predicted molar refractivity (Wildman–Crippen MR) is 82.7 cm³/mol. The minimum absolute atomic E-state index is 0.164. The maximum absolute atomic E-state index is 12.0. The highest BCUT2D eigenvalue weighted by molar-refractivity contribution is 6.03. The number of nitrogens with two attached hydrogens (primary N) is 1. The van der Waals surface area contributed by atoms with Crippen LogP contribution in [0.4, 0.5) is 10.5 Å². The van der Waals surface area contributed by atoms with Crippen molar-refractivity contribution < 1.29 is 4.79 Å². The molecule has 0 spiro atoms. The van der Waals surface area contributed by atoms with Gasteiger partial charge in [0.25, 0.3) is 0 Å². The molecule has 3 aliphatic rings. The summed E-state index contributed by atoms with van der Waals surface area (Å²) < 4.78 is 0. The van der Waals surface area contributed by atoms with Gasteiger partial charge in [-0.2, -0.15) is 4.99 Å². The van der Waals surface area contributed by atoms with Gasteiger partial charge in [0.1, 0.15) is 11.9 Å². The van der Waals surface area contributed by atoms with Gasteiger partial charge in [-0.05, 0) is 42.9 Å². The maximum atomic E-state index is 12.0. The van der Waals surface area contributed by atoms with Crippen LogP contribution in [-0.4, -0.2) is 36.4 Å². The molecule has 2 N–H and O–H groups in total. The monoisotopic (exact) mass is 284 g/mol. The zero-order valence-electron chi connectivity index (χ0n) is 12.2. The van der Waals surface area contributed by atoms with Gasteiger partial charge in [0.15, 0.2) is 0 Å². The third-order valence-corrected chi connectivity index (χ3v) is 4.71. The van der Waals surface area contributed by atoms with E-state index in [-0.39, 0.29) is 12.1 Å². The van der Waals surface area contributed by atoms with Crippen molar-refractivity contribution in [3.05, 3.63) is 29.3 Å². The summed E-state index contributed by atoms with van der Waals surface area (Å²) in [6.45, 7) is 1.10. The van der Waals surface area contributed by atoms with Crippen molar-refractivity contribution in [2.45, 2.75) is 37.8 Å². The lowest BCUT2D eigenvalue weighted by molar-refractivity contribution is 0.203. The van der Waals surface area contributed by atoms with E-state index < -0.39 is 0 Å². The topological polar surface area (TPSA) is 61.9 Å². The number of fused-ring (bicyclic) bond motifs is 1. The van der Waals surface area contributed by atoms with Gasteiger partial charge in [-0.1, -0.05) is 12.1 Å². The van der Waals surface area contributed by atoms with Crippen LogP contribution in [0.1, 0.15) is 36.4 Å². The van der Waals surface area contributed by atoms with E-state index in [0.717, 1.165) is 31.4 Å². The summed E-state index contributed by atoms with van der Waals surface area (Å²) in [4.78, 5) is 20.2. The Balaban J connectivity index is 1.72. The fraction of sp³-hybridized carbons (Fsp3) is 0.500. The number of anilines is 1. The third kappa shape index (κ3) is 1.99.